The maximum atomic E-state index is 14.0. The van der Waals surface area contributed by atoms with E-state index in [0.29, 0.717) is 18.7 Å². The highest BCUT2D eigenvalue weighted by Gasteiger charge is 2.57. The monoisotopic (exact) mass is 390 g/mol. The third kappa shape index (κ3) is 3.15. The molecule has 6 nitrogen and oxygen atoms in total. The van der Waals surface area contributed by atoms with Gasteiger partial charge in [0.25, 0.3) is 5.91 Å². The average Bonchev–Trinajstić information content (AvgIpc) is 2.97. The van der Waals surface area contributed by atoms with Crippen molar-refractivity contribution >= 4 is 5.91 Å². The van der Waals surface area contributed by atoms with E-state index in [4.69, 9.17) is 0 Å². The Morgan fingerprint density at radius 1 is 1.26 bits per heavy atom. The van der Waals surface area contributed by atoms with Gasteiger partial charge in [0.1, 0.15) is 11.5 Å². The summed E-state index contributed by atoms with van der Waals surface area (Å²) in [5.74, 6) is -3.21. The minimum Gasteiger partial charge on any atom is -0.373 e. The van der Waals surface area contributed by atoms with Gasteiger partial charge in [0.05, 0.1) is 30.7 Å². The molecule has 0 saturated heterocycles. The molecule has 0 saturated carbocycles. The smallest absolute Gasteiger partial charge is 0.373 e. The molecule has 0 spiro atoms. The lowest BCUT2D eigenvalue weighted by atomic mass is 10.0. The molecule has 0 aliphatic carbocycles. The van der Waals surface area contributed by atoms with Gasteiger partial charge >= 0.3 is 6.18 Å². The van der Waals surface area contributed by atoms with E-state index in [1.807, 2.05) is 0 Å². The van der Waals surface area contributed by atoms with Crippen molar-refractivity contribution in [3.8, 4) is 11.5 Å². The fourth-order valence-corrected chi connectivity index (χ4v) is 3.00. The molecular formula is C16H15F5N4O2. The molecule has 1 amide bonds. The Hall–Kier alpha value is -2.56. The fourth-order valence-electron chi connectivity index (χ4n) is 3.00. The number of alkyl halides is 3. The summed E-state index contributed by atoms with van der Waals surface area (Å²) >= 11 is 0. The number of carbonyl (C=O) groups is 1. The summed E-state index contributed by atoms with van der Waals surface area (Å²) in [5.41, 5.74) is -3.40. The predicted octanol–water partition coefficient (Wildman–Crippen LogP) is 2.44. The van der Waals surface area contributed by atoms with Crippen molar-refractivity contribution in [1.82, 2.24) is 19.4 Å². The van der Waals surface area contributed by atoms with E-state index in [1.165, 1.54) is 10.8 Å². The van der Waals surface area contributed by atoms with Gasteiger partial charge in [-0.15, -0.1) is 0 Å². The summed E-state index contributed by atoms with van der Waals surface area (Å²) in [6.07, 6.45) is -3.03. The van der Waals surface area contributed by atoms with E-state index >= 15 is 0 Å². The van der Waals surface area contributed by atoms with Crippen LogP contribution in [0.5, 0.6) is 0 Å². The first-order valence-electron chi connectivity index (χ1n) is 7.89. The quantitative estimate of drug-likeness (QED) is 0.800. The van der Waals surface area contributed by atoms with E-state index in [0.717, 1.165) is 11.1 Å². The van der Waals surface area contributed by atoms with Crippen LogP contribution in [0.4, 0.5) is 22.0 Å². The summed E-state index contributed by atoms with van der Waals surface area (Å²) in [7, 11) is 0. The maximum Gasteiger partial charge on any atom is 0.426 e. The van der Waals surface area contributed by atoms with Gasteiger partial charge in [-0.05, 0) is 13.8 Å². The van der Waals surface area contributed by atoms with Crippen LogP contribution >= 0.6 is 0 Å². The van der Waals surface area contributed by atoms with Gasteiger partial charge in [0.2, 0.25) is 5.60 Å². The second-order valence-corrected chi connectivity index (χ2v) is 6.53. The third-order valence-electron chi connectivity index (χ3n) is 4.43. The molecule has 2 aromatic heterocycles. The van der Waals surface area contributed by atoms with Crippen molar-refractivity contribution in [2.45, 2.75) is 38.2 Å². The number of hydrogen-bond donors (Lipinski definition) is 1. The number of carbonyl (C=O) groups excluding carboxylic acids is 1. The lowest BCUT2D eigenvalue weighted by molar-refractivity contribution is -0.251. The van der Waals surface area contributed by atoms with Gasteiger partial charge in [-0.3, -0.25) is 4.79 Å². The highest BCUT2D eigenvalue weighted by molar-refractivity contribution is 5.85. The topological polar surface area (TPSA) is 71.2 Å². The largest absolute Gasteiger partial charge is 0.426 e. The summed E-state index contributed by atoms with van der Waals surface area (Å²) in [5, 5.41) is 9.62. The van der Waals surface area contributed by atoms with Crippen LogP contribution in [0.1, 0.15) is 25.6 Å². The number of aliphatic hydroxyl groups is 1. The molecule has 11 heteroatoms. The Kier molecular flexibility index (Phi) is 4.45. The Morgan fingerprint density at radius 2 is 1.93 bits per heavy atom. The highest BCUT2D eigenvalue weighted by Crippen LogP contribution is 2.35. The predicted molar refractivity (Wildman–Crippen MR) is 82.2 cm³/mol. The summed E-state index contributed by atoms with van der Waals surface area (Å²) < 4.78 is 67.4. The molecule has 0 aromatic carbocycles. The maximum absolute atomic E-state index is 14.0. The van der Waals surface area contributed by atoms with Crippen molar-refractivity contribution in [2.24, 2.45) is 0 Å². The lowest BCUT2D eigenvalue weighted by Gasteiger charge is -2.37. The fraction of sp³-hybridized carbons (Fsp3) is 0.438. The second-order valence-electron chi connectivity index (χ2n) is 6.53. The molecule has 0 radical (unpaired) electrons. The van der Waals surface area contributed by atoms with Gasteiger partial charge in [0, 0.05) is 12.6 Å². The minimum atomic E-state index is -5.13. The summed E-state index contributed by atoms with van der Waals surface area (Å²) in [4.78, 5) is 20.8. The Labute approximate surface area is 150 Å². The molecule has 1 aliphatic rings. The number of fused-ring (bicyclic) bond motifs is 1. The minimum absolute atomic E-state index is 0.0738. The average molecular weight is 390 g/mol. The zero-order chi connectivity index (χ0) is 20.1. The van der Waals surface area contributed by atoms with Crippen molar-refractivity contribution in [3.05, 3.63) is 35.8 Å². The second kappa shape index (κ2) is 6.25. The van der Waals surface area contributed by atoms with Crippen molar-refractivity contribution < 1.29 is 31.9 Å². The van der Waals surface area contributed by atoms with Crippen molar-refractivity contribution in [3.63, 3.8) is 0 Å². The number of halogens is 5. The molecule has 27 heavy (non-hydrogen) atoms. The number of hydrogen-bond acceptors (Lipinski definition) is 4. The first-order chi connectivity index (χ1) is 12.4. The van der Waals surface area contributed by atoms with Gasteiger partial charge < -0.3 is 14.6 Å². The zero-order valence-corrected chi connectivity index (χ0v) is 14.3. The number of aromatic nitrogens is 3. The van der Waals surface area contributed by atoms with Gasteiger partial charge in [-0.2, -0.15) is 13.2 Å². The van der Waals surface area contributed by atoms with E-state index < -0.39 is 35.4 Å². The Morgan fingerprint density at radius 3 is 2.52 bits per heavy atom. The van der Waals surface area contributed by atoms with Crippen LogP contribution in [-0.4, -0.2) is 48.8 Å². The molecule has 0 fully saturated rings. The van der Waals surface area contributed by atoms with Crippen LogP contribution in [0.15, 0.2) is 18.5 Å². The number of nitrogens with zero attached hydrogens (tertiary/aromatic N) is 4. The van der Waals surface area contributed by atoms with E-state index in [9.17, 15) is 31.9 Å². The Bertz CT molecular complexity index is 893. The molecule has 3 rings (SSSR count). The third-order valence-corrected chi connectivity index (χ3v) is 4.43. The molecule has 1 aliphatic heterocycles. The van der Waals surface area contributed by atoms with Gasteiger partial charge in [0.15, 0.2) is 11.6 Å². The standard InChI is InChI=1S/C16H15F5N4O2/c1-8-6-24(14(26)15(2,27)16(19,20)21)7-10-5-23-13(25(8)10)12-11(18)3-9(17)4-22-12/h3-5,8,27H,6-7H2,1-2H3/t8-,15-/m1/s1. The van der Waals surface area contributed by atoms with Crippen molar-refractivity contribution in [2.75, 3.05) is 6.54 Å². The summed E-state index contributed by atoms with van der Waals surface area (Å²) in [6, 6.07) is 0.0684. The number of pyridine rings is 1. The molecule has 2 atom stereocenters. The van der Waals surface area contributed by atoms with Crippen LogP contribution in [0.2, 0.25) is 0 Å². The molecule has 146 valence electrons. The first kappa shape index (κ1) is 19.2. The van der Waals surface area contributed by atoms with Crippen LogP contribution in [0, 0.1) is 11.6 Å². The van der Waals surface area contributed by atoms with Gasteiger partial charge in [-0.25, -0.2) is 18.7 Å². The molecular weight excluding hydrogens is 375 g/mol. The molecule has 0 bridgehead atoms. The van der Waals surface area contributed by atoms with E-state index in [1.54, 1.807) is 6.92 Å². The van der Waals surface area contributed by atoms with E-state index in [2.05, 4.69) is 9.97 Å². The Balaban J connectivity index is 1.95. The van der Waals surface area contributed by atoms with Gasteiger partial charge in [-0.1, -0.05) is 0 Å². The SMILES string of the molecule is C[C@@H]1CN(C(=O)[C@@](C)(O)C(F)(F)F)Cc2cnc(-c3ncc(F)cc3F)n21. The molecule has 1 N–H and O–H groups in total. The number of imidazole rings is 1. The van der Waals surface area contributed by atoms with Crippen molar-refractivity contribution in [1.29, 1.82) is 0 Å². The molecule has 2 aromatic rings. The summed E-state index contributed by atoms with van der Waals surface area (Å²) in [6.45, 7) is 1.57. The number of amides is 1. The van der Waals surface area contributed by atoms with Crippen LogP contribution in [0.3, 0.4) is 0 Å². The zero-order valence-electron chi connectivity index (χ0n) is 14.3. The van der Waals surface area contributed by atoms with E-state index in [-0.39, 0.29) is 24.6 Å². The van der Waals surface area contributed by atoms with Crippen LogP contribution < -0.4 is 0 Å². The van der Waals surface area contributed by atoms with Crippen LogP contribution in [-0.2, 0) is 11.3 Å². The highest BCUT2D eigenvalue weighted by atomic mass is 19.4. The molecule has 3 heterocycles. The molecule has 0 unspecified atom stereocenters. The first-order valence-corrected chi connectivity index (χ1v) is 7.89. The normalized spacial score (nSPS) is 19.6. The van der Waals surface area contributed by atoms with Crippen LogP contribution in [0.25, 0.3) is 11.5 Å². The lowest BCUT2D eigenvalue weighted by Crippen LogP contribution is -2.57. The number of rotatable bonds is 2.